The quantitative estimate of drug-likeness (QED) is 0.836. The van der Waals surface area contributed by atoms with Gasteiger partial charge in [-0.2, -0.15) is 0 Å². The third kappa shape index (κ3) is 2.52. The van der Waals surface area contributed by atoms with E-state index in [0.29, 0.717) is 6.54 Å². The third-order valence-electron chi connectivity index (χ3n) is 4.86. The van der Waals surface area contributed by atoms with E-state index in [4.69, 9.17) is 0 Å². The summed E-state index contributed by atoms with van der Waals surface area (Å²) >= 11 is 0. The van der Waals surface area contributed by atoms with E-state index >= 15 is 0 Å². The first-order chi connectivity index (χ1) is 10.9. The molecule has 1 aromatic carbocycles. The van der Waals surface area contributed by atoms with Gasteiger partial charge in [-0.25, -0.2) is 0 Å². The second kappa shape index (κ2) is 5.06. The topological polar surface area (TPSA) is 42.0 Å². The number of alkyl halides is 2. The summed E-state index contributed by atoms with van der Waals surface area (Å²) in [6, 6.07) is 4.87. The van der Waals surface area contributed by atoms with Crippen LogP contribution in [-0.2, 0) is 11.3 Å². The van der Waals surface area contributed by atoms with Crippen molar-refractivity contribution in [1.82, 2.24) is 9.80 Å². The molecule has 3 aliphatic heterocycles. The van der Waals surface area contributed by atoms with Crippen molar-refractivity contribution >= 4 is 5.91 Å². The summed E-state index contributed by atoms with van der Waals surface area (Å²) in [4.78, 5) is 16.5. The number of hydrogen-bond acceptors (Lipinski definition) is 4. The number of fused-ring (bicyclic) bond motifs is 2. The Hall–Kier alpha value is -1.89. The van der Waals surface area contributed by atoms with Crippen molar-refractivity contribution in [2.75, 3.05) is 13.1 Å². The largest absolute Gasteiger partial charge is 0.586 e. The van der Waals surface area contributed by atoms with Crippen LogP contribution in [0, 0.1) is 0 Å². The molecule has 3 aliphatic rings. The van der Waals surface area contributed by atoms with E-state index in [1.165, 1.54) is 6.07 Å². The molecule has 5 nitrogen and oxygen atoms in total. The average Bonchev–Trinajstić information content (AvgIpc) is 3.06. The fraction of sp³-hybridized carbons (Fsp3) is 0.562. The van der Waals surface area contributed by atoms with Crippen LogP contribution in [0.25, 0.3) is 0 Å². The summed E-state index contributed by atoms with van der Waals surface area (Å²) in [5.74, 6) is 0.250. The number of halogens is 2. The lowest BCUT2D eigenvalue weighted by Gasteiger charge is -2.41. The molecule has 1 aromatic rings. The van der Waals surface area contributed by atoms with E-state index in [1.54, 1.807) is 12.1 Å². The number of carbonyl (C=O) groups excluding carboxylic acids is 1. The Bertz CT molecular complexity index is 652. The van der Waals surface area contributed by atoms with Crippen molar-refractivity contribution in [2.24, 2.45) is 0 Å². The minimum absolute atomic E-state index is 0.0449. The fourth-order valence-electron chi connectivity index (χ4n) is 3.67. The van der Waals surface area contributed by atoms with Crippen LogP contribution in [0.15, 0.2) is 18.2 Å². The molecule has 0 aliphatic carbocycles. The van der Waals surface area contributed by atoms with Gasteiger partial charge in [0.15, 0.2) is 11.5 Å². The summed E-state index contributed by atoms with van der Waals surface area (Å²) in [5, 5.41) is 0. The number of nitrogens with zero attached hydrogens (tertiary/aromatic N) is 2. The third-order valence-corrected chi connectivity index (χ3v) is 4.86. The molecule has 0 bridgehead atoms. The molecule has 2 atom stereocenters. The first-order valence-corrected chi connectivity index (χ1v) is 7.86. The van der Waals surface area contributed by atoms with Gasteiger partial charge < -0.3 is 14.4 Å². The van der Waals surface area contributed by atoms with E-state index in [2.05, 4.69) is 14.4 Å². The molecule has 2 saturated heterocycles. The van der Waals surface area contributed by atoms with E-state index in [9.17, 15) is 13.6 Å². The molecule has 0 N–H and O–H groups in total. The van der Waals surface area contributed by atoms with Gasteiger partial charge in [0.2, 0.25) is 5.91 Å². The molecule has 1 amide bonds. The molecule has 0 aromatic heterocycles. The molecule has 3 heterocycles. The maximum Gasteiger partial charge on any atom is 0.586 e. The lowest BCUT2D eigenvalue weighted by atomic mass is 10.1. The number of benzene rings is 1. The first kappa shape index (κ1) is 14.7. The lowest BCUT2D eigenvalue weighted by Crippen LogP contribution is -2.58. The van der Waals surface area contributed by atoms with E-state index in [0.717, 1.165) is 31.5 Å². The Morgan fingerprint density at radius 2 is 2.09 bits per heavy atom. The van der Waals surface area contributed by atoms with Crippen molar-refractivity contribution < 1.29 is 23.0 Å². The smallest absolute Gasteiger partial charge is 0.395 e. The molecular formula is C16H18F2N2O3. The predicted octanol–water partition coefficient (Wildman–Crippen LogP) is 2.20. The maximum absolute atomic E-state index is 13.1. The van der Waals surface area contributed by atoms with E-state index in [-0.39, 0.29) is 29.5 Å². The second-order valence-corrected chi connectivity index (χ2v) is 6.38. The molecule has 4 rings (SSSR count). The number of carbonyl (C=O) groups is 1. The highest BCUT2D eigenvalue weighted by atomic mass is 19.3. The van der Waals surface area contributed by atoms with Crippen LogP contribution in [0.4, 0.5) is 8.78 Å². The highest BCUT2D eigenvalue weighted by Crippen LogP contribution is 2.41. The van der Waals surface area contributed by atoms with E-state index in [1.807, 2.05) is 11.8 Å². The van der Waals surface area contributed by atoms with Crippen molar-refractivity contribution in [3.8, 4) is 11.5 Å². The van der Waals surface area contributed by atoms with Gasteiger partial charge in [0, 0.05) is 25.7 Å². The number of ether oxygens (including phenoxy) is 2. The fourth-order valence-corrected chi connectivity index (χ4v) is 3.67. The van der Waals surface area contributed by atoms with Crippen LogP contribution in [0.5, 0.6) is 11.5 Å². The minimum atomic E-state index is -3.60. The molecule has 23 heavy (non-hydrogen) atoms. The van der Waals surface area contributed by atoms with Gasteiger partial charge >= 0.3 is 6.29 Å². The predicted molar refractivity (Wildman–Crippen MR) is 77.3 cm³/mol. The monoisotopic (exact) mass is 324 g/mol. The van der Waals surface area contributed by atoms with Crippen LogP contribution in [0.2, 0.25) is 0 Å². The molecule has 124 valence electrons. The summed E-state index contributed by atoms with van der Waals surface area (Å²) in [6.07, 6.45) is -1.52. The normalized spacial score (nSPS) is 29.0. The summed E-state index contributed by atoms with van der Waals surface area (Å²) < 4.78 is 35.1. The zero-order chi connectivity index (χ0) is 16.2. The molecule has 0 saturated carbocycles. The molecule has 0 spiro atoms. The zero-order valence-corrected chi connectivity index (χ0v) is 12.8. The zero-order valence-electron chi connectivity index (χ0n) is 12.8. The lowest BCUT2D eigenvalue weighted by molar-refractivity contribution is -0.286. The van der Waals surface area contributed by atoms with Crippen molar-refractivity contribution in [3.63, 3.8) is 0 Å². The Morgan fingerprint density at radius 3 is 2.91 bits per heavy atom. The van der Waals surface area contributed by atoms with Crippen molar-refractivity contribution in [1.29, 1.82) is 0 Å². The highest BCUT2D eigenvalue weighted by Gasteiger charge is 2.44. The number of hydrogen-bond donors (Lipinski definition) is 0. The average molecular weight is 324 g/mol. The Morgan fingerprint density at radius 1 is 1.30 bits per heavy atom. The molecule has 0 unspecified atom stereocenters. The van der Waals surface area contributed by atoms with Crippen LogP contribution in [-0.4, -0.2) is 47.2 Å². The molecular weight excluding hydrogens is 306 g/mol. The van der Waals surface area contributed by atoms with Crippen LogP contribution < -0.4 is 9.47 Å². The van der Waals surface area contributed by atoms with Crippen LogP contribution >= 0.6 is 0 Å². The minimum Gasteiger partial charge on any atom is -0.395 e. The standard InChI is InChI=1S/C16H18F2N2O3/c1-10-15(21)20-6-2-3-12(20)9-19(10)8-11-4-5-13-14(7-11)23-16(17,18)22-13/h4-5,7,10,12H,2-3,6,8-9H2,1H3/t10-,12+/m0/s1. The number of rotatable bonds is 2. The van der Waals surface area contributed by atoms with Crippen LogP contribution in [0.1, 0.15) is 25.3 Å². The number of piperazine rings is 1. The van der Waals surface area contributed by atoms with Gasteiger partial charge in [0.1, 0.15) is 0 Å². The first-order valence-electron chi connectivity index (χ1n) is 7.86. The second-order valence-electron chi connectivity index (χ2n) is 6.38. The van der Waals surface area contributed by atoms with Crippen LogP contribution in [0.3, 0.4) is 0 Å². The van der Waals surface area contributed by atoms with Gasteiger partial charge in [0.05, 0.1) is 6.04 Å². The molecule has 0 radical (unpaired) electrons. The Balaban J connectivity index is 1.51. The SMILES string of the molecule is C[C@H]1C(=O)N2CCC[C@@H]2CN1Cc1ccc2c(c1)OC(F)(F)O2. The Kier molecular flexibility index (Phi) is 3.23. The summed E-state index contributed by atoms with van der Waals surface area (Å²) in [6.45, 7) is 4.09. The van der Waals surface area contributed by atoms with Crippen molar-refractivity contribution in [2.45, 2.75) is 44.7 Å². The molecule has 2 fully saturated rings. The van der Waals surface area contributed by atoms with E-state index < -0.39 is 6.29 Å². The van der Waals surface area contributed by atoms with Crippen molar-refractivity contribution in [3.05, 3.63) is 23.8 Å². The highest BCUT2D eigenvalue weighted by molar-refractivity contribution is 5.83. The number of amides is 1. The van der Waals surface area contributed by atoms with Gasteiger partial charge in [-0.3, -0.25) is 9.69 Å². The van der Waals surface area contributed by atoms with Gasteiger partial charge in [-0.15, -0.1) is 8.78 Å². The molecule has 7 heteroatoms. The van der Waals surface area contributed by atoms with Gasteiger partial charge in [-0.05, 0) is 37.5 Å². The maximum atomic E-state index is 13.1. The van der Waals surface area contributed by atoms with Gasteiger partial charge in [0.25, 0.3) is 0 Å². The Labute approximate surface area is 132 Å². The van der Waals surface area contributed by atoms with Gasteiger partial charge in [-0.1, -0.05) is 6.07 Å². The summed E-state index contributed by atoms with van der Waals surface area (Å²) in [7, 11) is 0. The summed E-state index contributed by atoms with van der Waals surface area (Å²) in [5.41, 5.74) is 0.830.